The molecule has 0 fully saturated rings. The Hall–Kier alpha value is -2.55. The van der Waals surface area contributed by atoms with Crippen LogP contribution in [0.2, 0.25) is 0 Å². The first kappa shape index (κ1) is 9.48. The quantitative estimate of drug-likeness (QED) is 0.645. The highest BCUT2D eigenvalue weighted by atomic mass is 16.6. The van der Waals surface area contributed by atoms with Crippen LogP contribution in [0.5, 0.6) is 5.75 Å². The highest BCUT2D eigenvalue weighted by molar-refractivity contribution is 6.02. The third-order valence-corrected chi connectivity index (χ3v) is 3.20. The van der Waals surface area contributed by atoms with Crippen LogP contribution in [0.25, 0.3) is 22.0 Å². The molecule has 1 N–H and O–H groups in total. The van der Waals surface area contributed by atoms with Crippen LogP contribution in [-0.4, -0.2) is 4.98 Å². The summed E-state index contributed by atoms with van der Waals surface area (Å²) in [6.07, 6.45) is 1.82. The van der Waals surface area contributed by atoms with Gasteiger partial charge in [-0.1, -0.05) is 30.3 Å². The number of hydrogen-bond acceptors (Lipinski definition) is 3. The second-order valence-corrected chi connectivity index (χ2v) is 4.26. The lowest BCUT2D eigenvalue weighted by Gasteiger charge is -2.22. The summed E-state index contributed by atoms with van der Waals surface area (Å²) in [6.45, 7) is 0. The molecule has 2 heterocycles. The molecule has 2 aromatic carbocycles. The van der Waals surface area contributed by atoms with E-state index in [1.165, 1.54) is 0 Å². The molecular weight excluding hydrogens is 224 g/mol. The van der Waals surface area contributed by atoms with Crippen molar-refractivity contribution in [1.82, 2.24) is 4.98 Å². The Balaban J connectivity index is 2.15. The lowest BCUT2D eigenvalue weighted by atomic mass is 9.98. The highest BCUT2D eigenvalue weighted by Crippen LogP contribution is 2.42. The summed E-state index contributed by atoms with van der Waals surface area (Å²) in [4.78, 5) is 10.0. The summed E-state index contributed by atoms with van der Waals surface area (Å²) >= 11 is 0. The zero-order valence-corrected chi connectivity index (χ0v) is 9.55. The Morgan fingerprint density at radius 3 is 2.89 bits per heavy atom. The molecule has 0 radical (unpaired) electrons. The van der Waals surface area contributed by atoms with Crippen LogP contribution in [0.4, 0.5) is 5.69 Å². The molecule has 0 atom stereocenters. The molecule has 0 amide bonds. The van der Waals surface area contributed by atoms with E-state index in [1.54, 1.807) is 0 Å². The van der Waals surface area contributed by atoms with Gasteiger partial charge in [0.05, 0.1) is 11.2 Å². The van der Waals surface area contributed by atoms with Crippen molar-refractivity contribution in [2.75, 3.05) is 5.48 Å². The number of rotatable bonds is 0. The minimum absolute atomic E-state index is 0.836. The summed E-state index contributed by atoms with van der Waals surface area (Å²) < 4.78 is 0. The van der Waals surface area contributed by atoms with E-state index in [0.717, 1.165) is 33.5 Å². The van der Waals surface area contributed by atoms with Crippen molar-refractivity contribution >= 4 is 16.6 Å². The van der Waals surface area contributed by atoms with E-state index < -0.39 is 0 Å². The molecule has 1 aromatic heterocycles. The molecule has 1 aliphatic rings. The van der Waals surface area contributed by atoms with Gasteiger partial charge in [-0.2, -0.15) is 0 Å². The van der Waals surface area contributed by atoms with Gasteiger partial charge >= 0.3 is 0 Å². The van der Waals surface area contributed by atoms with E-state index in [0.29, 0.717) is 0 Å². The van der Waals surface area contributed by atoms with Gasteiger partial charge in [-0.15, -0.1) is 0 Å². The maximum Gasteiger partial charge on any atom is 0.163 e. The molecular formula is C15H10N2O. The number of nitrogens with zero attached hydrogens (tertiary/aromatic N) is 1. The molecule has 3 heteroatoms. The fourth-order valence-corrected chi connectivity index (χ4v) is 2.37. The summed E-state index contributed by atoms with van der Waals surface area (Å²) in [5.74, 6) is 0.836. The van der Waals surface area contributed by atoms with Gasteiger partial charge in [0, 0.05) is 22.7 Å². The number of benzene rings is 2. The predicted octanol–water partition coefficient (Wildman–Crippen LogP) is 3.62. The van der Waals surface area contributed by atoms with Crippen LogP contribution in [0.1, 0.15) is 0 Å². The van der Waals surface area contributed by atoms with Gasteiger partial charge in [0.2, 0.25) is 0 Å². The summed E-state index contributed by atoms with van der Waals surface area (Å²) in [7, 11) is 0. The average molecular weight is 234 g/mol. The molecule has 3 aromatic rings. The Morgan fingerprint density at radius 1 is 0.944 bits per heavy atom. The topological polar surface area (TPSA) is 34.1 Å². The Labute approximate surface area is 104 Å². The molecule has 3 nitrogen and oxygen atoms in total. The maximum atomic E-state index is 5.52. The molecule has 0 aliphatic carbocycles. The molecule has 86 valence electrons. The van der Waals surface area contributed by atoms with Crippen molar-refractivity contribution in [3.05, 3.63) is 54.7 Å². The minimum Gasteiger partial charge on any atom is -0.381 e. The van der Waals surface area contributed by atoms with Crippen molar-refractivity contribution in [3.63, 3.8) is 0 Å². The van der Waals surface area contributed by atoms with Crippen LogP contribution in [0, 0.1) is 0 Å². The van der Waals surface area contributed by atoms with Gasteiger partial charge in [0.15, 0.2) is 5.75 Å². The summed E-state index contributed by atoms with van der Waals surface area (Å²) in [5, 5.41) is 1.13. The first-order chi connectivity index (χ1) is 8.93. The summed E-state index contributed by atoms with van der Waals surface area (Å²) in [5.41, 5.74) is 7.11. The number of anilines is 1. The van der Waals surface area contributed by atoms with Crippen molar-refractivity contribution in [1.29, 1.82) is 0 Å². The van der Waals surface area contributed by atoms with E-state index >= 15 is 0 Å². The van der Waals surface area contributed by atoms with Crippen LogP contribution in [0.15, 0.2) is 54.7 Å². The maximum absolute atomic E-state index is 5.52. The number of nitrogens with one attached hydrogen (secondary N) is 1. The lowest BCUT2D eigenvalue weighted by molar-refractivity contribution is 0.402. The number of hydrogen-bond donors (Lipinski definition) is 1. The third kappa shape index (κ3) is 1.21. The third-order valence-electron chi connectivity index (χ3n) is 3.20. The van der Waals surface area contributed by atoms with Gasteiger partial charge in [0.25, 0.3) is 0 Å². The highest BCUT2D eigenvalue weighted by Gasteiger charge is 2.19. The zero-order valence-electron chi connectivity index (χ0n) is 9.55. The number of fused-ring (bicyclic) bond motifs is 5. The molecule has 18 heavy (non-hydrogen) atoms. The molecule has 0 saturated carbocycles. The fourth-order valence-electron chi connectivity index (χ4n) is 2.37. The van der Waals surface area contributed by atoms with Gasteiger partial charge < -0.3 is 4.84 Å². The Bertz CT molecular complexity index is 752. The molecule has 0 bridgehead atoms. The monoisotopic (exact) mass is 234 g/mol. The van der Waals surface area contributed by atoms with Crippen molar-refractivity contribution < 1.29 is 4.84 Å². The second kappa shape index (κ2) is 3.47. The van der Waals surface area contributed by atoms with Crippen LogP contribution in [-0.2, 0) is 0 Å². The minimum atomic E-state index is 0.836. The van der Waals surface area contributed by atoms with Crippen molar-refractivity contribution in [2.24, 2.45) is 0 Å². The molecule has 0 spiro atoms. The number of pyridine rings is 1. The van der Waals surface area contributed by atoms with E-state index in [-0.39, 0.29) is 0 Å². The lowest BCUT2D eigenvalue weighted by Crippen LogP contribution is -2.11. The first-order valence-electron chi connectivity index (χ1n) is 5.83. The fraction of sp³-hybridized carbons (Fsp3) is 0. The van der Waals surface area contributed by atoms with Gasteiger partial charge in [-0.25, -0.2) is 5.48 Å². The molecule has 0 unspecified atom stereocenters. The van der Waals surface area contributed by atoms with Crippen molar-refractivity contribution in [3.8, 4) is 16.9 Å². The molecule has 4 rings (SSSR count). The number of aromatic nitrogens is 1. The predicted molar refractivity (Wildman–Crippen MR) is 71.4 cm³/mol. The van der Waals surface area contributed by atoms with Gasteiger partial charge in [0.1, 0.15) is 0 Å². The van der Waals surface area contributed by atoms with Crippen LogP contribution in [0.3, 0.4) is 0 Å². The van der Waals surface area contributed by atoms with E-state index in [2.05, 4.69) is 22.6 Å². The SMILES string of the molecule is c1ccc2c(c1)ONc1ccc3cccnc3c1-2. The zero-order chi connectivity index (χ0) is 11.9. The Morgan fingerprint density at radius 2 is 1.89 bits per heavy atom. The van der Waals surface area contributed by atoms with Crippen LogP contribution >= 0.6 is 0 Å². The Kier molecular flexibility index (Phi) is 1.83. The molecule has 0 saturated heterocycles. The van der Waals surface area contributed by atoms with E-state index in [9.17, 15) is 0 Å². The number of para-hydroxylation sites is 1. The van der Waals surface area contributed by atoms with Crippen molar-refractivity contribution in [2.45, 2.75) is 0 Å². The van der Waals surface area contributed by atoms with Gasteiger partial charge in [-0.05, 0) is 18.2 Å². The molecule has 1 aliphatic heterocycles. The standard InChI is InChI=1S/C15H10N2O/c1-2-6-13-11(5-1)14-12(17-18-13)8-7-10-4-3-9-16-15(10)14/h1-9,17H. The summed E-state index contributed by atoms with van der Waals surface area (Å²) in [6, 6.07) is 16.1. The second-order valence-electron chi connectivity index (χ2n) is 4.26. The normalized spacial score (nSPS) is 12.2. The average Bonchev–Trinajstić information content (AvgIpc) is 2.46. The van der Waals surface area contributed by atoms with Crippen LogP contribution < -0.4 is 10.3 Å². The first-order valence-corrected chi connectivity index (χ1v) is 5.83. The largest absolute Gasteiger partial charge is 0.381 e. The smallest absolute Gasteiger partial charge is 0.163 e. The van der Waals surface area contributed by atoms with E-state index in [1.807, 2.05) is 42.6 Å². The van der Waals surface area contributed by atoms with Gasteiger partial charge in [-0.3, -0.25) is 4.98 Å². The van der Waals surface area contributed by atoms with E-state index in [4.69, 9.17) is 4.84 Å².